The number of thioether (sulfide) groups is 1. The Morgan fingerprint density at radius 1 is 1.10 bits per heavy atom. The highest BCUT2D eigenvalue weighted by Crippen LogP contribution is 2.45. The lowest BCUT2D eigenvalue weighted by Gasteiger charge is -2.22. The molecule has 2 unspecified atom stereocenters. The summed E-state index contributed by atoms with van der Waals surface area (Å²) in [6.07, 6.45) is 0.703. The average molecular weight is 611 g/mol. The van der Waals surface area contributed by atoms with E-state index in [0.29, 0.717) is 37.7 Å². The molecular weight excluding hydrogens is 589 g/mol. The fraction of sp³-hybridized carbons (Fsp3) is 0.172. The van der Waals surface area contributed by atoms with Crippen LogP contribution in [0.2, 0.25) is 10.0 Å². The number of nitrogens with zero attached hydrogens (tertiary/aromatic N) is 3. The lowest BCUT2D eigenvalue weighted by Crippen LogP contribution is -2.29. The maximum absolute atomic E-state index is 13.5. The lowest BCUT2D eigenvalue weighted by atomic mass is 9.94. The predicted molar refractivity (Wildman–Crippen MR) is 157 cm³/mol. The Morgan fingerprint density at radius 2 is 1.93 bits per heavy atom. The number of aromatic nitrogens is 2. The van der Waals surface area contributed by atoms with E-state index in [2.05, 4.69) is 10.2 Å². The molecule has 0 spiro atoms. The molecule has 2 aliphatic rings. The largest absolute Gasteiger partial charge is 0.507 e. The summed E-state index contributed by atoms with van der Waals surface area (Å²) in [6.45, 7) is 1.97. The monoisotopic (exact) mass is 609 g/mol. The Hall–Kier alpha value is -3.37. The first-order valence-electron chi connectivity index (χ1n) is 12.4. The molecule has 1 aromatic heterocycles. The fourth-order valence-corrected chi connectivity index (χ4v) is 7.21. The summed E-state index contributed by atoms with van der Waals surface area (Å²) in [7, 11) is 0. The van der Waals surface area contributed by atoms with Crippen LogP contribution in [0, 0.1) is 0 Å². The highest BCUT2D eigenvalue weighted by Gasteiger charge is 2.48. The van der Waals surface area contributed by atoms with E-state index in [1.165, 1.54) is 28.0 Å². The van der Waals surface area contributed by atoms with Crippen LogP contribution in [0.4, 0.5) is 5.13 Å². The van der Waals surface area contributed by atoms with Gasteiger partial charge in [0.2, 0.25) is 5.13 Å². The number of benzene rings is 3. The Balaban J connectivity index is 1.39. The number of fused-ring (bicyclic) bond motifs is 1. The van der Waals surface area contributed by atoms with Crippen molar-refractivity contribution in [2.75, 3.05) is 4.90 Å². The molecule has 0 bridgehead atoms. The summed E-state index contributed by atoms with van der Waals surface area (Å²) in [5.41, 5.74) is 2.81. The molecule has 11 heteroatoms. The van der Waals surface area contributed by atoms with Crippen molar-refractivity contribution in [2.45, 2.75) is 35.6 Å². The van der Waals surface area contributed by atoms with Gasteiger partial charge in [-0.15, -0.1) is 10.2 Å². The zero-order chi connectivity index (χ0) is 28.0. The van der Waals surface area contributed by atoms with Crippen molar-refractivity contribution in [1.82, 2.24) is 10.2 Å². The van der Waals surface area contributed by atoms with E-state index in [1.807, 2.05) is 31.2 Å². The van der Waals surface area contributed by atoms with E-state index in [0.717, 1.165) is 16.9 Å². The molecule has 1 saturated heterocycles. The summed E-state index contributed by atoms with van der Waals surface area (Å²) in [5.74, 6) is -0.583. The van der Waals surface area contributed by atoms with Crippen molar-refractivity contribution in [3.8, 4) is 5.75 Å². The van der Waals surface area contributed by atoms with Crippen molar-refractivity contribution >= 4 is 68.9 Å². The second kappa shape index (κ2) is 10.9. The van der Waals surface area contributed by atoms with Gasteiger partial charge in [0.05, 0.1) is 11.6 Å². The Labute approximate surface area is 248 Å². The molecule has 1 fully saturated rings. The number of amides is 1. The summed E-state index contributed by atoms with van der Waals surface area (Å²) in [4.78, 5) is 28.2. The van der Waals surface area contributed by atoms with Crippen LogP contribution >= 0.6 is 46.3 Å². The minimum atomic E-state index is -0.948. The second-order valence-electron chi connectivity index (χ2n) is 9.41. The van der Waals surface area contributed by atoms with Crippen molar-refractivity contribution in [3.05, 3.63) is 105 Å². The molecule has 7 nitrogen and oxygen atoms in total. The number of rotatable bonds is 6. The normalized spacial score (nSPS) is 19.6. The molecule has 40 heavy (non-hydrogen) atoms. The van der Waals surface area contributed by atoms with Crippen molar-refractivity contribution in [3.63, 3.8) is 0 Å². The van der Waals surface area contributed by atoms with E-state index < -0.39 is 17.7 Å². The van der Waals surface area contributed by atoms with Crippen LogP contribution in [0.3, 0.4) is 0 Å². The van der Waals surface area contributed by atoms with Crippen LogP contribution in [-0.2, 0) is 21.8 Å². The third kappa shape index (κ3) is 4.99. The molecule has 6 rings (SSSR count). The van der Waals surface area contributed by atoms with Gasteiger partial charge in [-0.1, -0.05) is 76.6 Å². The molecule has 3 heterocycles. The van der Waals surface area contributed by atoms with Gasteiger partial charge in [0, 0.05) is 27.8 Å². The number of aliphatic hydroxyl groups is 1. The van der Waals surface area contributed by atoms with Crippen LogP contribution in [0.5, 0.6) is 5.75 Å². The highest BCUT2D eigenvalue weighted by molar-refractivity contribution is 8.00. The number of carbonyl (C=O) groups is 2. The Kier molecular flexibility index (Phi) is 7.31. The van der Waals surface area contributed by atoms with E-state index >= 15 is 0 Å². The number of hydrogen-bond acceptors (Lipinski definition) is 8. The van der Waals surface area contributed by atoms with Gasteiger partial charge in [0.15, 0.2) is 4.34 Å². The maximum atomic E-state index is 13.5. The molecule has 4 aromatic rings. The number of anilines is 1. The van der Waals surface area contributed by atoms with Gasteiger partial charge >= 0.3 is 5.91 Å². The second-order valence-corrected chi connectivity index (χ2v) is 12.4. The molecule has 1 N–H and O–H groups in total. The number of carbonyl (C=O) groups excluding carboxylic acids is 2. The third-order valence-electron chi connectivity index (χ3n) is 6.69. The van der Waals surface area contributed by atoms with Gasteiger partial charge < -0.3 is 9.84 Å². The minimum Gasteiger partial charge on any atom is -0.507 e. The van der Waals surface area contributed by atoms with Gasteiger partial charge in [-0.3, -0.25) is 14.5 Å². The van der Waals surface area contributed by atoms with E-state index in [1.54, 1.807) is 42.5 Å². The maximum Gasteiger partial charge on any atom is 0.301 e. The SMILES string of the molecule is CC1Cc2cc(C(O)=C3C(=O)C(=O)N(c4nnc(SCc5ccccc5Cl)s4)C3c3cccc(Cl)c3)ccc2O1. The topological polar surface area (TPSA) is 92.6 Å². The zero-order valence-electron chi connectivity index (χ0n) is 21.0. The third-order valence-corrected chi connectivity index (χ3v) is 9.40. The van der Waals surface area contributed by atoms with E-state index in [-0.39, 0.29) is 22.6 Å². The van der Waals surface area contributed by atoms with Crippen LogP contribution in [-0.4, -0.2) is 33.1 Å². The summed E-state index contributed by atoms with van der Waals surface area (Å²) >= 11 is 15.2. The number of ether oxygens (including phenoxy) is 1. The Morgan fingerprint density at radius 3 is 2.73 bits per heavy atom. The van der Waals surface area contributed by atoms with E-state index in [9.17, 15) is 14.7 Å². The number of hydrogen-bond donors (Lipinski definition) is 1. The number of ketones is 1. The Bertz CT molecular complexity index is 1690. The van der Waals surface area contributed by atoms with Crippen molar-refractivity contribution in [1.29, 1.82) is 0 Å². The quantitative estimate of drug-likeness (QED) is 0.0820. The number of halogens is 2. The predicted octanol–water partition coefficient (Wildman–Crippen LogP) is 7.09. The van der Waals surface area contributed by atoms with Gasteiger partial charge in [-0.05, 0) is 60.0 Å². The summed E-state index contributed by atoms with van der Waals surface area (Å²) in [5, 5.41) is 21.3. The fourth-order valence-electron chi connectivity index (χ4n) is 4.86. The molecule has 3 aromatic carbocycles. The van der Waals surface area contributed by atoms with E-state index in [4.69, 9.17) is 27.9 Å². The lowest BCUT2D eigenvalue weighted by molar-refractivity contribution is -0.132. The number of Topliss-reactive ketones (excluding diaryl/α,β-unsaturated/α-hetero) is 1. The first-order chi connectivity index (χ1) is 19.3. The average Bonchev–Trinajstić information content (AvgIpc) is 3.63. The summed E-state index contributed by atoms with van der Waals surface area (Å²) in [6, 6.07) is 18.7. The molecule has 0 aliphatic carbocycles. The summed E-state index contributed by atoms with van der Waals surface area (Å²) < 4.78 is 6.38. The number of aliphatic hydroxyl groups excluding tert-OH is 1. The molecule has 2 atom stereocenters. The van der Waals surface area contributed by atoms with Crippen LogP contribution in [0.25, 0.3) is 5.76 Å². The standard InChI is InChI=1S/C29H21Cl2N3O4S2/c1-15-11-19-12-17(9-10-22(19)38-15)25(35)23-24(16-6-4-7-20(30)13-16)34(27(37)26(23)36)28-32-33-29(40-28)39-14-18-5-2-3-8-21(18)31/h2-10,12-13,15,24,35H,11,14H2,1H3. The molecule has 0 saturated carbocycles. The smallest absolute Gasteiger partial charge is 0.301 e. The van der Waals surface area contributed by atoms with Gasteiger partial charge in [-0.25, -0.2) is 0 Å². The highest BCUT2D eigenvalue weighted by atomic mass is 35.5. The van der Waals surface area contributed by atoms with Gasteiger partial charge in [-0.2, -0.15) is 0 Å². The van der Waals surface area contributed by atoms with Crippen LogP contribution < -0.4 is 9.64 Å². The molecular formula is C29H21Cl2N3O4S2. The van der Waals surface area contributed by atoms with Crippen molar-refractivity contribution in [2.24, 2.45) is 0 Å². The zero-order valence-corrected chi connectivity index (χ0v) is 24.2. The molecule has 2 aliphatic heterocycles. The molecule has 0 radical (unpaired) electrons. The molecule has 202 valence electrons. The minimum absolute atomic E-state index is 0.0202. The van der Waals surface area contributed by atoms with Crippen LogP contribution in [0.1, 0.15) is 35.2 Å². The van der Waals surface area contributed by atoms with Gasteiger partial charge in [0.25, 0.3) is 5.78 Å². The first kappa shape index (κ1) is 26.8. The van der Waals surface area contributed by atoms with Crippen LogP contribution in [0.15, 0.2) is 76.6 Å². The van der Waals surface area contributed by atoms with Gasteiger partial charge in [0.1, 0.15) is 17.6 Å². The van der Waals surface area contributed by atoms with Crippen molar-refractivity contribution < 1.29 is 19.4 Å². The first-order valence-corrected chi connectivity index (χ1v) is 14.9. The molecule has 1 amide bonds.